The zero-order valence-corrected chi connectivity index (χ0v) is 14.0. The van der Waals surface area contributed by atoms with Crippen molar-refractivity contribution in [2.24, 2.45) is 5.92 Å². The highest BCUT2D eigenvalue weighted by Gasteiger charge is 2.30. The molecule has 0 radical (unpaired) electrons. The number of phenols is 1. The quantitative estimate of drug-likeness (QED) is 0.622. The van der Waals surface area contributed by atoms with Crippen molar-refractivity contribution in [2.75, 3.05) is 19.7 Å². The van der Waals surface area contributed by atoms with Gasteiger partial charge in [-0.2, -0.15) is 0 Å². The topological polar surface area (TPSA) is 66.8 Å². The monoisotopic (exact) mass is 403 g/mol. The Balaban J connectivity index is 2.12. The highest BCUT2D eigenvalue weighted by atomic mass is 127. The Morgan fingerprint density at radius 1 is 1.48 bits per heavy atom. The summed E-state index contributed by atoms with van der Waals surface area (Å²) >= 11 is 2.10. The van der Waals surface area contributed by atoms with Crippen molar-refractivity contribution in [3.05, 3.63) is 27.3 Å². The second-order valence-corrected chi connectivity index (χ2v) is 6.25. The minimum atomic E-state index is -0.271. The Hall–Kier alpha value is -1.31. The number of aromatic hydroxyl groups is 1. The van der Waals surface area contributed by atoms with Crippen LogP contribution in [0.15, 0.2) is 18.2 Å². The fourth-order valence-electron chi connectivity index (χ4n) is 2.46. The molecule has 1 aromatic carbocycles. The van der Waals surface area contributed by atoms with E-state index in [0.29, 0.717) is 19.7 Å². The molecule has 114 valence electrons. The molecule has 1 aliphatic heterocycles. The normalized spacial score (nSPS) is 18.4. The van der Waals surface area contributed by atoms with Crippen LogP contribution in [0.1, 0.15) is 30.1 Å². The van der Waals surface area contributed by atoms with Gasteiger partial charge in [0.25, 0.3) is 5.91 Å². The molecule has 5 nitrogen and oxygen atoms in total. The van der Waals surface area contributed by atoms with Crippen LogP contribution >= 0.6 is 22.6 Å². The van der Waals surface area contributed by atoms with Gasteiger partial charge in [0.05, 0.1) is 18.1 Å². The molecular weight excluding hydrogens is 385 g/mol. The number of nitrogens with zero attached hydrogens (tertiary/aromatic N) is 1. The van der Waals surface area contributed by atoms with Gasteiger partial charge >= 0.3 is 5.97 Å². The lowest BCUT2D eigenvalue weighted by atomic mass is 9.97. The van der Waals surface area contributed by atoms with E-state index in [0.717, 1.165) is 16.4 Å². The third kappa shape index (κ3) is 3.87. The number of hydrogen-bond acceptors (Lipinski definition) is 4. The van der Waals surface area contributed by atoms with Gasteiger partial charge < -0.3 is 14.7 Å². The van der Waals surface area contributed by atoms with Gasteiger partial charge in [-0.1, -0.05) is 0 Å². The molecule has 0 spiro atoms. The van der Waals surface area contributed by atoms with Crippen molar-refractivity contribution < 1.29 is 19.4 Å². The van der Waals surface area contributed by atoms with E-state index in [4.69, 9.17) is 4.74 Å². The summed E-state index contributed by atoms with van der Waals surface area (Å²) in [5, 5.41) is 9.85. The average molecular weight is 403 g/mol. The summed E-state index contributed by atoms with van der Waals surface area (Å²) in [5.41, 5.74) is 0.284. The lowest BCUT2D eigenvalue weighted by Gasteiger charge is -2.31. The first-order valence-corrected chi connectivity index (χ1v) is 8.05. The van der Waals surface area contributed by atoms with Crippen LogP contribution in [0.5, 0.6) is 5.75 Å². The first kappa shape index (κ1) is 16.1. The summed E-state index contributed by atoms with van der Waals surface area (Å²) in [6.07, 6.45) is 1.50. The van der Waals surface area contributed by atoms with Gasteiger partial charge in [0, 0.05) is 16.7 Å². The van der Waals surface area contributed by atoms with Crippen molar-refractivity contribution in [2.45, 2.75) is 19.8 Å². The van der Waals surface area contributed by atoms with Crippen molar-refractivity contribution in [3.63, 3.8) is 0 Å². The van der Waals surface area contributed by atoms with Gasteiger partial charge in [0.1, 0.15) is 5.75 Å². The van der Waals surface area contributed by atoms with Crippen LogP contribution in [0.4, 0.5) is 0 Å². The van der Waals surface area contributed by atoms with Gasteiger partial charge in [-0.3, -0.25) is 9.59 Å². The van der Waals surface area contributed by atoms with Crippen molar-refractivity contribution in [3.8, 4) is 5.75 Å². The molecule has 1 N–H and O–H groups in total. The summed E-state index contributed by atoms with van der Waals surface area (Å²) in [4.78, 5) is 25.9. The van der Waals surface area contributed by atoms with E-state index < -0.39 is 0 Å². The smallest absolute Gasteiger partial charge is 0.310 e. The highest BCUT2D eigenvalue weighted by molar-refractivity contribution is 14.1. The molecule has 1 saturated heterocycles. The number of ether oxygens (including phenoxy) is 1. The van der Waals surface area contributed by atoms with E-state index in [1.165, 1.54) is 6.07 Å². The SMILES string of the molecule is CCOC(=O)[C@H]1CCCN(C(=O)c2cc(I)ccc2O)C1. The number of piperidine rings is 1. The van der Waals surface area contributed by atoms with Crippen LogP contribution in [0.2, 0.25) is 0 Å². The molecule has 1 fully saturated rings. The molecule has 2 rings (SSSR count). The van der Waals surface area contributed by atoms with Crippen LogP contribution in [0.3, 0.4) is 0 Å². The lowest BCUT2D eigenvalue weighted by Crippen LogP contribution is -2.42. The number of esters is 1. The zero-order valence-electron chi connectivity index (χ0n) is 11.8. The molecule has 6 heteroatoms. The summed E-state index contributed by atoms with van der Waals surface area (Å²) in [6.45, 7) is 3.07. The summed E-state index contributed by atoms with van der Waals surface area (Å²) < 4.78 is 5.91. The Labute approximate surface area is 137 Å². The molecule has 1 amide bonds. The van der Waals surface area contributed by atoms with E-state index in [9.17, 15) is 14.7 Å². The maximum Gasteiger partial charge on any atom is 0.310 e. The third-order valence-electron chi connectivity index (χ3n) is 3.52. The Morgan fingerprint density at radius 3 is 2.95 bits per heavy atom. The minimum absolute atomic E-state index is 0.0290. The van der Waals surface area contributed by atoms with Crippen molar-refractivity contribution in [1.29, 1.82) is 0 Å². The van der Waals surface area contributed by atoms with Crippen LogP contribution < -0.4 is 0 Å². The number of carbonyl (C=O) groups is 2. The second-order valence-electron chi connectivity index (χ2n) is 5.00. The van der Waals surface area contributed by atoms with E-state index in [-0.39, 0.29) is 29.1 Å². The Morgan fingerprint density at radius 2 is 2.24 bits per heavy atom. The van der Waals surface area contributed by atoms with Crippen molar-refractivity contribution >= 4 is 34.5 Å². The Kier molecular flexibility index (Phi) is 5.44. The van der Waals surface area contributed by atoms with E-state index in [1.807, 2.05) is 0 Å². The summed E-state index contributed by atoms with van der Waals surface area (Å²) in [6, 6.07) is 4.91. The van der Waals surface area contributed by atoms with Crippen LogP contribution in [0, 0.1) is 9.49 Å². The first-order chi connectivity index (χ1) is 10.0. The number of benzene rings is 1. The zero-order chi connectivity index (χ0) is 15.4. The number of amides is 1. The van der Waals surface area contributed by atoms with Crippen LogP contribution in [-0.4, -0.2) is 41.6 Å². The third-order valence-corrected chi connectivity index (χ3v) is 4.19. The molecule has 0 saturated carbocycles. The molecular formula is C15H18INO4. The molecule has 0 bridgehead atoms. The summed E-state index contributed by atoms with van der Waals surface area (Å²) in [5.74, 6) is -0.784. The van der Waals surface area contributed by atoms with E-state index in [1.54, 1.807) is 24.0 Å². The van der Waals surface area contributed by atoms with Gasteiger partial charge in [-0.05, 0) is 60.6 Å². The first-order valence-electron chi connectivity index (χ1n) is 6.97. The number of hydrogen-bond donors (Lipinski definition) is 1. The Bertz CT molecular complexity index is 546. The molecule has 1 heterocycles. The van der Waals surface area contributed by atoms with Crippen LogP contribution in [-0.2, 0) is 9.53 Å². The summed E-state index contributed by atoms with van der Waals surface area (Å²) in [7, 11) is 0. The molecule has 1 aromatic rings. The predicted molar refractivity (Wildman–Crippen MR) is 86.1 cm³/mol. The molecule has 21 heavy (non-hydrogen) atoms. The molecule has 0 aromatic heterocycles. The largest absolute Gasteiger partial charge is 0.507 e. The standard InChI is InChI=1S/C15H18INO4/c1-2-21-15(20)10-4-3-7-17(9-10)14(19)12-8-11(16)5-6-13(12)18/h5-6,8,10,18H,2-4,7,9H2,1H3/t10-/m0/s1. The predicted octanol–water partition coefficient (Wildman–Crippen LogP) is 2.41. The van der Waals surface area contributed by atoms with E-state index >= 15 is 0 Å². The molecule has 0 aliphatic carbocycles. The van der Waals surface area contributed by atoms with Gasteiger partial charge in [0.15, 0.2) is 0 Å². The van der Waals surface area contributed by atoms with Crippen LogP contribution in [0.25, 0.3) is 0 Å². The van der Waals surface area contributed by atoms with Gasteiger partial charge in [-0.15, -0.1) is 0 Å². The van der Waals surface area contributed by atoms with Gasteiger partial charge in [-0.25, -0.2) is 0 Å². The number of halogens is 1. The lowest BCUT2D eigenvalue weighted by molar-refractivity contribution is -0.149. The number of rotatable bonds is 3. The number of carbonyl (C=O) groups excluding carboxylic acids is 2. The van der Waals surface area contributed by atoms with Crippen molar-refractivity contribution in [1.82, 2.24) is 4.90 Å². The maximum absolute atomic E-state index is 12.5. The molecule has 1 atom stereocenters. The van der Waals surface area contributed by atoms with Gasteiger partial charge in [0.2, 0.25) is 0 Å². The number of phenolic OH excluding ortho intramolecular Hbond substituents is 1. The second kappa shape index (κ2) is 7.11. The maximum atomic E-state index is 12.5. The van der Waals surface area contributed by atoms with E-state index in [2.05, 4.69) is 22.6 Å². The molecule has 0 unspecified atom stereocenters. The fourth-order valence-corrected chi connectivity index (χ4v) is 2.96. The minimum Gasteiger partial charge on any atom is -0.507 e. The molecule has 1 aliphatic rings. The highest BCUT2D eigenvalue weighted by Crippen LogP contribution is 2.25. The fraction of sp³-hybridized carbons (Fsp3) is 0.467. The average Bonchev–Trinajstić information content (AvgIpc) is 2.49. The number of likely N-dealkylation sites (tertiary alicyclic amines) is 1.